The Morgan fingerprint density at radius 2 is 1.77 bits per heavy atom. The molecule has 216 valence electrons. The van der Waals surface area contributed by atoms with Gasteiger partial charge in [0, 0.05) is 17.3 Å². The number of nitrogens with one attached hydrogen (secondary N) is 1. The van der Waals surface area contributed by atoms with Crippen molar-refractivity contribution in [2.45, 2.75) is 72.0 Å². The average molecular weight is 587 g/mol. The van der Waals surface area contributed by atoms with Crippen LogP contribution in [0.5, 0.6) is 17.2 Å². The van der Waals surface area contributed by atoms with Gasteiger partial charge in [0.1, 0.15) is 24.0 Å². The molecule has 0 saturated heterocycles. The van der Waals surface area contributed by atoms with Gasteiger partial charge >= 0.3 is 5.97 Å². The molecule has 0 spiro atoms. The van der Waals surface area contributed by atoms with Gasteiger partial charge in [-0.1, -0.05) is 37.0 Å². The summed E-state index contributed by atoms with van der Waals surface area (Å²) >= 11 is 12.3. The van der Waals surface area contributed by atoms with Crippen LogP contribution in [-0.2, 0) is 14.3 Å². The number of halogens is 2. The lowest BCUT2D eigenvalue weighted by Crippen LogP contribution is -2.45. The standard InChI is InChI=1S/C27H36Cl2N2O8/c1-7-18(8-2)24(39-21-10-9-19(28)13-20(21)29)16(4)38-27(34)15(3)31-26(33)23-25(37-14-36-17(5)32)22(35-6)11-12-30-23/h9-13,15-18,24,32H,7-8,14H2,1-6H3,(H,31,33)/t15-,16-,17?,24+/m0/s1. The molecule has 0 fully saturated rings. The maximum absolute atomic E-state index is 13.0. The fourth-order valence-corrected chi connectivity index (χ4v) is 4.26. The van der Waals surface area contributed by atoms with Crippen LogP contribution in [0.4, 0.5) is 0 Å². The number of aromatic nitrogens is 1. The van der Waals surface area contributed by atoms with Crippen molar-refractivity contribution in [2.24, 2.45) is 5.92 Å². The van der Waals surface area contributed by atoms with E-state index in [0.717, 1.165) is 12.8 Å². The Kier molecular flexibility index (Phi) is 13.1. The lowest BCUT2D eigenvalue weighted by molar-refractivity contribution is -0.156. The molecule has 1 aromatic carbocycles. The first kappa shape index (κ1) is 32.4. The topological polar surface area (TPSA) is 125 Å². The van der Waals surface area contributed by atoms with Crippen LogP contribution in [0.25, 0.3) is 0 Å². The molecule has 2 N–H and O–H groups in total. The second kappa shape index (κ2) is 15.7. The Labute approximate surface area is 238 Å². The number of esters is 1. The molecule has 0 radical (unpaired) electrons. The SMILES string of the molecule is CCC(CC)[C@H](Oc1ccc(Cl)cc1Cl)[C@H](C)OC(=O)[C@H](C)NC(=O)c1nccc(OC)c1OCOC(C)O. The van der Waals surface area contributed by atoms with Crippen LogP contribution in [-0.4, -0.2) is 60.4 Å². The molecule has 0 saturated carbocycles. The van der Waals surface area contributed by atoms with E-state index < -0.39 is 36.4 Å². The summed E-state index contributed by atoms with van der Waals surface area (Å²) in [6.07, 6.45) is 0.679. The first-order valence-corrected chi connectivity index (χ1v) is 13.4. The second-order valence-corrected chi connectivity index (χ2v) is 9.63. The van der Waals surface area contributed by atoms with Crippen molar-refractivity contribution in [3.8, 4) is 17.2 Å². The summed E-state index contributed by atoms with van der Waals surface area (Å²) in [5.41, 5.74) is -0.133. The highest BCUT2D eigenvalue weighted by molar-refractivity contribution is 6.35. The molecule has 4 atom stereocenters. The molecule has 10 nitrogen and oxygen atoms in total. The largest absolute Gasteiger partial charge is 0.493 e. The monoisotopic (exact) mass is 586 g/mol. The number of benzene rings is 1. The fourth-order valence-electron chi connectivity index (χ4n) is 3.81. The van der Waals surface area contributed by atoms with Crippen LogP contribution in [0, 0.1) is 5.92 Å². The second-order valence-electron chi connectivity index (χ2n) is 8.79. The summed E-state index contributed by atoms with van der Waals surface area (Å²) in [4.78, 5) is 30.1. The highest BCUT2D eigenvalue weighted by atomic mass is 35.5. The minimum atomic E-state index is -1.08. The summed E-state index contributed by atoms with van der Waals surface area (Å²) in [6, 6.07) is 5.39. The zero-order chi connectivity index (χ0) is 29.1. The van der Waals surface area contributed by atoms with E-state index >= 15 is 0 Å². The molecule has 0 aliphatic heterocycles. The number of rotatable bonds is 15. The van der Waals surface area contributed by atoms with E-state index in [9.17, 15) is 14.7 Å². The van der Waals surface area contributed by atoms with Crippen LogP contribution in [0.1, 0.15) is 57.9 Å². The van der Waals surface area contributed by atoms with Gasteiger partial charge in [-0.15, -0.1) is 0 Å². The number of hydrogen-bond acceptors (Lipinski definition) is 9. The van der Waals surface area contributed by atoms with Crippen LogP contribution in [0.15, 0.2) is 30.5 Å². The molecular formula is C27H36Cl2N2O8. The lowest BCUT2D eigenvalue weighted by atomic mass is 9.93. The van der Waals surface area contributed by atoms with E-state index in [1.807, 2.05) is 13.8 Å². The molecule has 1 aromatic heterocycles. The van der Waals surface area contributed by atoms with Crippen molar-refractivity contribution >= 4 is 35.1 Å². The van der Waals surface area contributed by atoms with E-state index in [-0.39, 0.29) is 29.9 Å². The number of ether oxygens (including phenoxy) is 5. The third-order valence-electron chi connectivity index (χ3n) is 5.95. The third kappa shape index (κ3) is 9.42. The highest BCUT2D eigenvalue weighted by Gasteiger charge is 2.32. The van der Waals surface area contributed by atoms with E-state index in [4.69, 9.17) is 46.9 Å². The van der Waals surface area contributed by atoms with Crippen molar-refractivity contribution < 1.29 is 38.4 Å². The third-order valence-corrected chi connectivity index (χ3v) is 6.48. The van der Waals surface area contributed by atoms with Crippen LogP contribution < -0.4 is 19.5 Å². The van der Waals surface area contributed by atoms with Gasteiger partial charge in [0.2, 0.25) is 0 Å². The minimum Gasteiger partial charge on any atom is -0.493 e. The number of aliphatic hydroxyl groups excluding tert-OH is 1. The number of nitrogens with zero attached hydrogens (tertiary/aromatic N) is 1. The molecule has 1 amide bonds. The van der Waals surface area contributed by atoms with Crippen LogP contribution in [0.2, 0.25) is 10.0 Å². The zero-order valence-corrected chi connectivity index (χ0v) is 24.4. The van der Waals surface area contributed by atoms with Gasteiger partial charge < -0.3 is 34.1 Å². The molecule has 0 bridgehead atoms. The lowest BCUT2D eigenvalue weighted by Gasteiger charge is -2.32. The molecule has 0 aliphatic carbocycles. The number of aliphatic hydroxyl groups is 1. The predicted molar refractivity (Wildman–Crippen MR) is 146 cm³/mol. The van der Waals surface area contributed by atoms with Crippen molar-refractivity contribution in [1.82, 2.24) is 10.3 Å². The maximum atomic E-state index is 13.0. The van der Waals surface area contributed by atoms with Gasteiger partial charge in [-0.3, -0.25) is 4.79 Å². The summed E-state index contributed by atoms with van der Waals surface area (Å²) < 4.78 is 27.6. The number of carbonyl (C=O) groups excluding carboxylic acids is 2. The van der Waals surface area contributed by atoms with Gasteiger partial charge in [-0.05, 0) is 57.7 Å². The highest BCUT2D eigenvalue weighted by Crippen LogP contribution is 2.32. The average Bonchev–Trinajstić information content (AvgIpc) is 2.89. The first-order valence-electron chi connectivity index (χ1n) is 12.6. The Morgan fingerprint density at radius 3 is 2.36 bits per heavy atom. The Balaban J connectivity index is 2.14. The summed E-state index contributed by atoms with van der Waals surface area (Å²) in [7, 11) is 1.40. The van der Waals surface area contributed by atoms with Gasteiger partial charge in [-0.25, -0.2) is 9.78 Å². The molecule has 2 aromatic rings. The number of carbonyl (C=O) groups is 2. The minimum absolute atomic E-state index is 0.00544. The maximum Gasteiger partial charge on any atom is 0.328 e. The van der Waals surface area contributed by atoms with Gasteiger partial charge in [0.15, 0.2) is 30.3 Å². The summed E-state index contributed by atoms with van der Waals surface area (Å²) in [6.45, 7) is 8.33. The van der Waals surface area contributed by atoms with Gasteiger partial charge in [0.25, 0.3) is 5.91 Å². The Bertz CT molecular complexity index is 1100. The van der Waals surface area contributed by atoms with Gasteiger partial charge in [0.05, 0.1) is 12.1 Å². The quantitative estimate of drug-likeness (QED) is 0.218. The molecule has 1 heterocycles. The number of amides is 1. The molecule has 12 heteroatoms. The van der Waals surface area contributed by atoms with Crippen molar-refractivity contribution in [3.05, 3.63) is 46.2 Å². The summed E-state index contributed by atoms with van der Waals surface area (Å²) in [5, 5.41) is 12.7. The number of hydrogen-bond donors (Lipinski definition) is 2. The van der Waals surface area contributed by atoms with E-state index in [2.05, 4.69) is 10.3 Å². The summed E-state index contributed by atoms with van der Waals surface area (Å²) in [5.74, 6) is -0.653. The van der Waals surface area contributed by atoms with Crippen molar-refractivity contribution in [3.63, 3.8) is 0 Å². The van der Waals surface area contributed by atoms with Crippen molar-refractivity contribution in [2.75, 3.05) is 13.9 Å². The molecular weight excluding hydrogens is 551 g/mol. The zero-order valence-electron chi connectivity index (χ0n) is 22.9. The van der Waals surface area contributed by atoms with Gasteiger partial charge in [-0.2, -0.15) is 0 Å². The molecule has 0 aliphatic rings. The van der Waals surface area contributed by atoms with Crippen molar-refractivity contribution in [1.29, 1.82) is 0 Å². The first-order chi connectivity index (χ1) is 18.5. The molecule has 2 rings (SSSR count). The molecule has 39 heavy (non-hydrogen) atoms. The predicted octanol–water partition coefficient (Wildman–Crippen LogP) is 5.02. The fraction of sp³-hybridized carbons (Fsp3) is 0.519. The van der Waals surface area contributed by atoms with Crippen LogP contribution >= 0.6 is 23.2 Å². The van der Waals surface area contributed by atoms with E-state index in [1.54, 1.807) is 25.1 Å². The number of methoxy groups -OCH3 is 1. The van der Waals surface area contributed by atoms with E-state index in [1.165, 1.54) is 33.2 Å². The van der Waals surface area contributed by atoms with Crippen LogP contribution in [0.3, 0.4) is 0 Å². The normalized spacial score (nSPS) is 14.2. The van der Waals surface area contributed by atoms with E-state index in [0.29, 0.717) is 15.8 Å². The Hall–Kier alpha value is -2.79. The molecule has 1 unspecified atom stereocenters. The number of pyridine rings is 1. The smallest absolute Gasteiger partial charge is 0.328 e. The Morgan fingerprint density at radius 1 is 1.08 bits per heavy atom.